The maximum Gasteiger partial charge on any atom is 0.401 e. The van der Waals surface area contributed by atoms with Crippen LogP contribution in [0.3, 0.4) is 0 Å². The van der Waals surface area contributed by atoms with E-state index in [1.165, 1.54) is 4.90 Å². The Hall–Kier alpha value is -1.43. The van der Waals surface area contributed by atoms with Crippen LogP contribution in [0.4, 0.5) is 13.2 Å². The number of nitrogens with one attached hydrogen (secondary N) is 2. The van der Waals surface area contributed by atoms with Crippen LogP contribution in [-0.2, 0) is 0 Å². The molecule has 0 aliphatic carbocycles. The van der Waals surface area contributed by atoms with E-state index in [0.717, 1.165) is 12.0 Å². The minimum absolute atomic E-state index is 0. The lowest BCUT2D eigenvalue weighted by atomic mass is 10.1. The maximum absolute atomic E-state index is 12.6. The summed E-state index contributed by atoms with van der Waals surface area (Å²) in [5, 5.41) is 6.59. The standard InChI is InChI=1S/C22H35F3N4O2.HI/c1-5-26-21(27-13-17-10-11-29(14-17)15-22(23,24)25)28-16(4)18-8-9-19(30-6-2)20(12-18)31-7-3;/h8-9,12,16-17H,5-7,10-11,13-15H2,1-4H3,(H2,26,27,28);1H. The third-order valence-electron chi connectivity index (χ3n) is 5.05. The molecule has 0 bridgehead atoms. The highest BCUT2D eigenvalue weighted by atomic mass is 127. The van der Waals surface area contributed by atoms with Gasteiger partial charge < -0.3 is 20.1 Å². The number of nitrogens with zero attached hydrogens (tertiary/aromatic N) is 2. The van der Waals surface area contributed by atoms with Crippen LogP contribution in [0.2, 0.25) is 0 Å². The molecule has 32 heavy (non-hydrogen) atoms. The molecule has 0 amide bonds. The summed E-state index contributed by atoms with van der Waals surface area (Å²) in [5.74, 6) is 2.19. The third kappa shape index (κ3) is 9.60. The predicted molar refractivity (Wildman–Crippen MR) is 132 cm³/mol. The van der Waals surface area contributed by atoms with E-state index in [0.29, 0.717) is 56.9 Å². The molecule has 2 unspecified atom stereocenters. The van der Waals surface area contributed by atoms with Gasteiger partial charge in [-0.1, -0.05) is 6.07 Å². The second-order valence-corrected chi connectivity index (χ2v) is 7.66. The van der Waals surface area contributed by atoms with Gasteiger partial charge in [0.05, 0.1) is 25.8 Å². The van der Waals surface area contributed by atoms with Gasteiger partial charge in [-0.05, 0) is 64.3 Å². The smallest absolute Gasteiger partial charge is 0.401 e. The van der Waals surface area contributed by atoms with Gasteiger partial charge in [0.25, 0.3) is 0 Å². The zero-order valence-electron chi connectivity index (χ0n) is 19.3. The van der Waals surface area contributed by atoms with Crippen LogP contribution in [0, 0.1) is 5.92 Å². The van der Waals surface area contributed by atoms with Crippen molar-refractivity contribution in [2.24, 2.45) is 10.9 Å². The fourth-order valence-electron chi connectivity index (χ4n) is 3.62. The molecule has 2 N–H and O–H groups in total. The Morgan fingerprint density at radius 1 is 1.19 bits per heavy atom. The number of hydrogen-bond donors (Lipinski definition) is 2. The highest BCUT2D eigenvalue weighted by molar-refractivity contribution is 14.0. The SMILES string of the molecule is CCNC(=NCC1CCN(CC(F)(F)F)C1)NC(C)c1ccc(OCC)c(OCC)c1.I. The minimum atomic E-state index is -4.15. The number of guanidine groups is 1. The van der Waals surface area contributed by atoms with E-state index in [1.54, 1.807) is 0 Å². The molecule has 2 atom stereocenters. The molecule has 0 aromatic heterocycles. The number of hydrogen-bond acceptors (Lipinski definition) is 4. The number of likely N-dealkylation sites (tertiary alicyclic amines) is 1. The first-order valence-corrected chi connectivity index (χ1v) is 11.0. The second kappa shape index (κ2) is 14.0. The van der Waals surface area contributed by atoms with Crippen LogP contribution in [-0.4, -0.2) is 63.0 Å². The molecule has 2 rings (SSSR count). The quantitative estimate of drug-likeness (QED) is 0.244. The van der Waals surface area contributed by atoms with Crippen molar-refractivity contribution in [3.05, 3.63) is 23.8 Å². The first-order chi connectivity index (χ1) is 14.8. The van der Waals surface area contributed by atoms with Gasteiger partial charge in [0.15, 0.2) is 17.5 Å². The zero-order chi connectivity index (χ0) is 22.9. The van der Waals surface area contributed by atoms with Gasteiger partial charge in [-0.3, -0.25) is 9.89 Å². The first kappa shape index (κ1) is 28.6. The average molecular weight is 572 g/mol. The van der Waals surface area contributed by atoms with Gasteiger partial charge in [0.1, 0.15) is 0 Å². The largest absolute Gasteiger partial charge is 0.490 e. The summed E-state index contributed by atoms with van der Waals surface area (Å²) in [6.45, 7) is 10.2. The lowest BCUT2D eigenvalue weighted by Crippen LogP contribution is -2.39. The van der Waals surface area contributed by atoms with Gasteiger partial charge in [-0.25, -0.2) is 0 Å². The van der Waals surface area contributed by atoms with Gasteiger partial charge >= 0.3 is 6.18 Å². The van der Waals surface area contributed by atoms with Crippen molar-refractivity contribution in [2.45, 2.75) is 46.3 Å². The fourth-order valence-corrected chi connectivity index (χ4v) is 3.62. The molecule has 0 saturated carbocycles. The van der Waals surface area contributed by atoms with Crippen LogP contribution in [0.15, 0.2) is 23.2 Å². The van der Waals surface area contributed by atoms with Gasteiger partial charge in [0, 0.05) is 19.6 Å². The van der Waals surface area contributed by atoms with Crippen molar-refractivity contribution < 1.29 is 22.6 Å². The molecule has 1 saturated heterocycles. The molecule has 1 fully saturated rings. The summed E-state index contributed by atoms with van der Waals surface area (Å²) >= 11 is 0. The van der Waals surface area contributed by atoms with Crippen LogP contribution < -0.4 is 20.1 Å². The topological polar surface area (TPSA) is 58.1 Å². The Bertz CT molecular complexity index is 719. The fraction of sp³-hybridized carbons (Fsp3) is 0.682. The number of rotatable bonds is 10. The molecule has 0 radical (unpaired) electrons. The summed E-state index contributed by atoms with van der Waals surface area (Å²) in [7, 11) is 0. The lowest BCUT2D eigenvalue weighted by Gasteiger charge is -2.20. The average Bonchev–Trinajstić information content (AvgIpc) is 3.13. The van der Waals surface area contributed by atoms with E-state index in [2.05, 4.69) is 15.6 Å². The van der Waals surface area contributed by atoms with E-state index < -0.39 is 12.7 Å². The number of halogens is 4. The van der Waals surface area contributed by atoms with Crippen LogP contribution in [0.25, 0.3) is 0 Å². The maximum atomic E-state index is 12.6. The molecule has 0 spiro atoms. The molecular weight excluding hydrogens is 536 g/mol. The number of benzene rings is 1. The highest BCUT2D eigenvalue weighted by Gasteiger charge is 2.34. The molecule has 10 heteroatoms. The molecule has 1 aromatic rings. The number of aliphatic imine (C=N–C) groups is 1. The third-order valence-corrected chi connectivity index (χ3v) is 5.05. The van der Waals surface area contributed by atoms with E-state index in [9.17, 15) is 13.2 Å². The van der Waals surface area contributed by atoms with E-state index >= 15 is 0 Å². The lowest BCUT2D eigenvalue weighted by molar-refractivity contribution is -0.143. The molecule has 1 aliphatic rings. The summed E-state index contributed by atoms with van der Waals surface area (Å²) in [6.07, 6.45) is -3.42. The molecule has 1 aromatic carbocycles. The van der Waals surface area contributed by atoms with E-state index in [4.69, 9.17) is 9.47 Å². The van der Waals surface area contributed by atoms with Crippen molar-refractivity contribution in [3.8, 4) is 11.5 Å². The molecule has 1 aliphatic heterocycles. The minimum Gasteiger partial charge on any atom is -0.490 e. The van der Waals surface area contributed by atoms with Crippen molar-refractivity contribution >= 4 is 29.9 Å². The summed E-state index contributed by atoms with van der Waals surface area (Å²) < 4.78 is 49.1. The van der Waals surface area contributed by atoms with Crippen molar-refractivity contribution in [3.63, 3.8) is 0 Å². The number of ether oxygens (including phenoxy) is 2. The number of alkyl halides is 3. The van der Waals surface area contributed by atoms with Crippen LogP contribution >= 0.6 is 24.0 Å². The zero-order valence-corrected chi connectivity index (χ0v) is 21.6. The van der Waals surface area contributed by atoms with Crippen LogP contribution in [0.1, 0.15) is 45.7 Å². The Labute approximate surface area is 206 Å². The molecule has 184 valence electrons. The molecular formula is C22H36F3IN4O2. The highest BCUT2D eigenvalue weighted by Crippen LogP contribution is 2.30. The summed E-state index contributed by atoms with van der Waals surface area (Å²) in [4.78, 5) is 6.08. The summed E-state index contributed by atoms with van der Waals surface area (Å²) in [6, 6.07) is 5.81. The molecule has 1 heterocycles. The Kier molecular flexibility index (Phi) is 12.5. The Morgan fingerprint density at radius 3 is 2.50 bits per heavy atom. The van der Waals surface area contributed by atoms with Crippen molar-refractivity contribution in [1.82, 2.24) is 15.5 Å². The normalized spacial score (nSPS) is 18.1. The predicted octanol–water partition coefficient (Wildman–Crippen LogP) is 4.60. The van der Waals surface area contributed by atoms with E-state index in [1.807, 2.05) is 45.9 Å². The Balaban J connectivity index is 0.00000512. The van der Waals surface area contributed by atoms with Crippen molar-refractivity contribution in [2.75, 3.05) is 45.9 Å². The first-order valence-electron chi connectivity index (χ1n) is 11.0. The van der Waals surface area contributed by atoms with Gasteiger partial charge in [-0.15, -0.1) is 24.0 Å². The molecule has 6 nitrogen and oxygen atoms in total. The Morgan fingerprint density at radius 2 is 1.88 bits per heavy atom. The van der Waals surface area contributed by atoms with Gasteiger partial charge in [-0.2, -0.15) is 13.2 Å². The van der Waals surface area contributed by atoms with E-state index in [-0.39, 0.29) is 35.9 Å². The van der Waals surface area contributed by atoms with Gasteiger partial charge in [0.2, 0.25) is 0 Å². The van der Waals surface area contributed by atoms with Crippen LogP contribution in [0.5, 0.6) is 11.5 Å². The summed E-state index contributed by atoms with van der Waals surface area (Å²) in [5.41, 5.74) is 1.02. The second-order valence-electron chi connectivity index (χ2n) is 7.66. The monoisotopic (exact) mass is 572 g/mol. The van der Waals surface area contributed by atoms with Crippen molar-refractivity contribution in [1.29, 1.82) is 0 Å².